The van der Waals surface area contributed by atoms with Crippen LogP contribution in [0, 0.1) is 0 Å². The highest BCUT2D eigenvalue weighted by Gasteiger charge is 2.09. The molecule has 1 aromatic heterocycles. The number of carbonyl (C=O) groups excluding carboxylic acids is 1. The first-order chi connectivity index (χ1) is 9.56. The van der Waals surface area contributed by atoms with E-state index in [2.05, 4.69) is 36.5 Å². The Morgan fingerprint density at radius 1 is 1.40 bits per heavy atom. The van der Waals surface area contributed by atoms with Crippen molar-refractivity contribution in [1.29, 1.82) is 0 Å². The van der Waals surface area contributed by atoms with Crippen LogP contribution in [0.2, 0.25) is 0 Å². The van der Waals surface area contributed by atoms with Crippen LogP contribution in [-0.4, -0.2) is 27.1 Å². The van der Waals surface area contributed by atoms with E-state index in [4.69, 9.17) is 5.11 Å². The van der Waals surface area contributed by atoms with Crippen LogP contribution in [0.4, 0.5) is 10.5 Å². The summed E-state index contributed by atoms with van der Waals surface area (Å²) in [5, 5.41) is 14.1. The summed E-state index contributed by atoms with van der Waals surface area (Å²) < 4.78 is 0.491. The van der Waals surface area contributed by atoms with E-state index < -0.39 is 12.0 Å². The number of carboxylic acid groups (broad SMARTS) is 1. The molecule has 0 bridgehead atoms. The van der Waals surface area contributed by atoms with Crippen LogP contribution in [0.3, 0.4) is 0 Å². The number of urea groups is 1. The minimum absolute atomic E-state index is 0.137. The number of aromatic amines is 1. The number of anilines is 1. The molecule has 4 N–H and O–H groups in total. The standard InChI is InChI=1S/C12H11BrN4O3/c13-8-5-7(11(18)19)1-2-9(8)17-12(20)16-6-10-14-3-4-15-10/h1-5H,6H2,(H,14,15)(H,18,19)(H2,16,17,20). The Morgan fingerprint density at radius 2 is 2.20 bits per heavy atom. The predicted molar refractivity (Wildman–Crippen MR) is 75.5 cm³/mol. The molecule has 104 valence electrons. The highest BCUT2D eigenvalue weighted by atomic mass is 79.9. The first-order valence-corrected chi connectivity index (χ1v) is 6.41. The summed E-state index contributed by atoms with van der Waals surface area (Å²) in [7, 11) is 0. The zero-order valence-electron chi connectivity index (χ0n) is 10.2. The van der Waals surface area contributed by atoms with Gasteiger partial charge in [0.1, 0.15) is 5.82 Å². The molecule has 1 heterocycles. The van der Waals surface area contributed by atoms with Gasteiger partial charge < -0.3 is 20.7 Å². The van der Waals surface area contributed by atoms with E-state index in [9.17, 15) is 9.59 Å². The normalized spacial score (nSPS) is 10.1. The largest absolute Gasteiger partial charge is 0.478 e. The fourth-order valence-electron chi connectivity index (χ4n) is 1.47. The van der Waals surface area contributed by atoms with Gasteiger partial charge in [-0.25, -0.2) is 14.6 Å². The third kappa shape index (κ3) is 3.58. The third-order valence-electron chi connectivity index (χ3n) is 2.44. The Labute approximate surface area is 122 Å². The van der Waals surface area contributed by atoms with Gasteiger partial charge in [-0.3, -0.25) is 0 Å². The number of hydrogen-bond acceptors (Lipinski definition) is 3. The first kappa shape index (κ1) is 14.1. The first-order valence-electron chi connectivity index (χ1n) is 5.62. The molecule has 0 aliphatic carbocycles. The Bertz CT molecular complexity index is 628. The number of imidazole rings is 1. The van der Waals surface area contributed by atoms with Crippen LogP contribution < -0.4 is 10.6 Å². The molecule has 0 spiro atoms. The summed E-state index contributed by atoms with van der Waals surface area (Å²) in [5.41, 5.74) is 0.616. The third-order valence-corrected chi connectivity index (χ3v) is 3.09. The van der Waals surface area contributed by atoms with Crippen molar-refractivity contribution in [2.45, 2.75) is 6.54 Å². The van der Waals surface area contributed by atoms with Crippen molar-refractivity contribution in [2.24, 2.45) is 0 Å². The average Bonchev–Trinajstić information content (AvgIpc) is 2.91. The second-order valence-corrected chi connectivity index (χ2v) is 4.70. The van der Waals surface area contributed by atoms with E-state index in [0.29, 0.717) is 16.0 Å². The lowest BCUT2D eigenvalue weighted by Gasteiger charge is -2.09. The number of amides is 2. The van der Waals surface area contributed by atoms with Gasteiger partial charge >= 0.3 is 12.0 Å². The number of carboxylic acids is 1. The molecule has 0 aliphatic heterocycles. The van der Waals surface area contributed by atoms with Crippen molar-refractivity contribution in [2.75, 3.05) is 5.32 Å². The van der Waals surface area contributed by atoms with Crippen molar-refractivity contribution in [3.05, 3.63) is 46.5 Å². The second-order valence-electron chi connectivity index (χ2n) is 3.84. The lowest BCUT2D eigenvalue weighted by atomic mass is 10.2. The van der Waals surface area contributed by atoms with E-state index >= 15 is 0 Å². The number of carbonyl (C=O) groups is 2. The van der Waals surface area contributed by atoms with Crippen LogP contribution in [-0.2, 0) is 6.54 Å². The van der Waals surface area contributed by atoms with Crippen LogP contribution in [0.1, 0.15) is 16.2 Å². The summed E-state index contributed by atoms with van der Waals surface area (Å²) in [5.74, 6) is -0.389. The number of nitrogens with one attached hydrogen (secondary N) is 3. The number of benzene rings is 1. The molecule has 0 saturated carbocycles. The van der Waals surface area contributed by atoms with Gasteiger partial charge in [0.25, 0.3) is 0 Å². The predicted octanol–water partition coefficient (Wildman–Crippen LogP) is 2.19. The SMILES string of the molecule is O=C(NCc1ncc[nH]1)Nc1ccc(C(=O)O)cc1Br. The molecule has 0 unspecified atom stereocenters. The smallest absolute Gasteiger partial charge is 0.335 e. The topological polar surface area (TPSA) is 107 Å². The van der Waals surface area contributed by atoms with Gasteiger partial charge in [-0.15, -0.1) is 0 Å². The Morgan fingerprint density at radius 3 is 2.80 bits per heavy atom. The number of hydrogen-bond donors (Lipinski definition) is 4. The Hall–Kier alpha value is -2.35. The number of halogens is 1. The molecule has 0 saturated heterocycles. The quantitative estimate of drug-likeness (QED) is 0.685. The number of aromatic carboxylic acids is 1. The maximum atomic E-state index is 11.7. The Balaban J connectivity index is 1.95. The summed E-state index contributed by atoms with van der Waals surface area (Å²) in [6, 6.07) is 3.94. The van der Waals surface area contributed by atoms with E-state index in [-0.39, 0.29) is 12.1 Å². The fraction of sp³-hybridized carbons (Fsp3) is 0.0833. The van der Waals surface area contributed by atoms with Crippen molar-refractivity contribution in [3.63, 3.8) is 0 Å². The lowest BCUT2D eigenvalue weighted by molar-refractivity contribution is 0.0697. The van der Waals surface area contributed by atoms with Gasteiger partial charge in [-0.2, -0.15) is 0 Å². The minimum atomic E-state index is -1.03. The fourth-order valence-corrected chi connectivity index (χ4v) is 1.95. The molecule has 0 atom stereocenters. The molecule has 0 aliphatic rings. The highest BCUT2D eigenvalue weighted by molar-refractivity contribution is 9.10. The summed E-state index contributed by atoms with van der Waals surface area (Å²) in [6.07, 6.45) is 3.26. The zero-order valence-corrected chi connectivity index (χ0v) is 11.8. The monoisotopic (exact) mass is 338 g/mol. The summed E-state index contributed by atoms with van der Waals surface area (Å²) >= 11 is 3.21. The van der Waals surface area contributed by atoms with Crippen LogP contribution >= 0.6 is 15.9 Å². The molecule has 20 heavy (non-hydrogen) atoms. The maximum absolute atomic E-state index is 11.7. The summed E-state index contributed by atoms with van der Waals surface area (Å²) in [6.45, 7) is 0.268. The van der Waals surface area contributed by atoms with Crippen LogP contribution in [0.25, 0.3) is 0 Å². The molecular formula is C12H11BrN4O3. The molecule has 8 heteroatoms. The molecule has 2 aromatic rings. The van der Waals surface area contributed by atoms with E-state index in [1.807, 2.05) is 0 Å². The van der Waals surface area contributed by atoms with Gasteiger partial charge in [0.2, 0.25) is 0 Å². The van der Waals surface area contributed by atoms with Crippen molar-refractivity contribution in [3.8, 4) is 0 Å². The molecule has 1 aromatic carbocycles. The molecule has 0 fully saturated rings. The van der Waals surface area contributed by atoms with Gasteiger partial charge in [0.15, 0.2) is 0 Å². The van der Waals surface area contributed by atoms with Crippen LogP contribution in [0.5, 0.6) is 0 Å². The number of H-pyrrole nitrogens is 1. The molecule has 2 amide bonds. The van der Waals surface area contributed by atoms with Crippen LogP contribution in [0.15, 0.2) is 35.1 Å². The average molecular weight is 339 g/mol. The van der Waals surface area contributed by atoms with Crippen molar-refractivity contribution >= 4 is 33.6 Å². The Kier molecular flexibility index (Phi) is 4.36. The maximum Gasteiger partial charge on any atom is 0.335 e. The van der Waals surface area contributed by atoms with Gasteiger partial charge in [-0.1, -0.05) is 0 Å². The summed E-state index contributed by atoms with van der Waals surface area (Å²) in [4.78, 5) is 29.3. The molecule has 0 radical (unpaired) electrons. The van der Waals surface area contributed by atoms with E-state index in [1.165, 1.54) is 18.2 Å². The van der Waals surface area contributed by atoms with Crippen molar-refractivity contribution in [1.82, 2.24) is 15.3 Å². The highest BCUT2D eigenvalue weighted by Crippen LogP contribution is 2.23. The van der Waals surface area contributed by atoms with Crippen molar-refractivity contribution < 1.29 is 14.7 Å². The van der Waals surface area contributed by atoms with Gasteiger partial charge in [0.05, 0.1) is 17.8 Å². The number of aromatic nitrogens is 2. The number of nitrogens with zero attached hydrogens (tertiary/aromatic N) is 1. The lowest BCUT2D eigenvalue weighted by Crippen LogP contribution is -2.28. The zero-order chi connectivity index (χ0) is 14.5. The molecular weight excluding hydrogens is 328 g/mol. The number of rotatable bonds is 4. The van der Waals surface area contributed by atoms with Gasteiger partial charge in [0, 0.05) is 16.9 Å². The van der Waals surface area contributed by atoms with E-state index in [0.717, 1.165) is 0 Å². The molecule has 2 rings (SSSR count). The second kappa shape index (κ2) is 6.20. The molecule has 7 nitrogen and oxygen atoms in total. The minimum Gasteiger partial charge on any atom is -0.478 e. The van der Waals surface area contributed by atoms with E-state index in [1.54, 1.807) is 12.4 Å². The van der Waals surface area contributed by atoms with Gasteiger partial charge in [-0.05, 0) is 34.1 Å².